The van der Waals surface area contributed by atoms with Gasteiger partial charge in [-0.15, -0.1) is 0 Å². The van der Waals surface area contributed by atoms with Crippen molar-refractivity contribution in [3.8, 4) is 5.75 Å². The fraction of sp³-hybridized carbons (Fsp3) is 0.237. The Morgan fingerprint density at radius 2 is 1.20 bits per heavy atom. The molecule has 8 rings (SSSR count). The Hall–Kier alpha value is -5.97. The minimum Gasteiger partial charge on any atom is -0.456 e. The second-order valence-electron chi connectivity index (χ2n) is 12.7. The molecule has 3 atom stereocenters. The van der Waals surface area contributed by atoms with Gasteiger partial charge in [0.25, 0.3) is 5.69 Å². The van der Waals surface area contributed by atoms with Gasteiger partial charge in [-0.3, -0.25) is 29.4 Å². The van der Waals surface area contributed by atoms with Gasteiger partial charge in [0.2, 0.25) is 11.8 Å². The molecule has 11 nitrogen and oxygen atoms in total. The fourth-order valence-electron chi connectivity index (χ4n) is 7.55. The number of ether oxygens (including phenoxy) is 2. The molecule has 2 unspecified atom stereocenters. The first-order valence-corrected chi connectivity index (χ1v) is 15.9. The Bertz CT molecular complexity index is 1920. The summed E-state index contributed by atoms with van der Waals surface area (Å²) >= 11 is 0. The van der Waals surface area contributed by atoms with Gasteiger partial charge < -0.3 is 9.47 Å². The Balaban J connectivity index is 1.04. The zero-order chi connectivity index (χ0) is 34.6. The molecule has 0 aromatic heterocycles. The predicted molar refractivity (Wildman–Crippen MR) is 174 cm³/mol. The summed E-state index contributed by atoms with van der Waals surface area (Å²) < 4.78 is 10.7. The van der Waals surface area contributed by atoms with Gasteiger partial charge in [0.05, 0.1) is 22.3 Å². The molecule has 2 amide bonds. The molecule has 1 aliphatic heterocycles. The minimum absolute atomic E-state index is 0.105. The lowest BCUT2D eigenvalue weighted by molar-refractivity contribution is -0.384. The summed E-state index contributed by atoms with van der Waals surface area (Å²) in [7, 11) is 0. The maximum absolute atomic E-state index is 14.2. The number of imide groups is 1. The van der Waals surface area contributed by atoms with Crippen molar-refractivity contribution in [1.82, 2.24) is 4.90 Å². The van der Waals surface area contributed by atoms with Gasteiger partial charge in [-0.25, -0.2) is 9.59 Å². The number of carbonyl (C=O) groups is 5. The fourth-order valence-corrected chi connectivity index (χ4v) is 7.55. The molecule has 11 heteroatoms. The van der Waals surface area contributed by atoms with Crippen LogP contribution in [0.25, 0.3) is 0 Å². The molecule has 2 bridgehead atoms. The third kappa shape index (κ3) is 5.27. The van der Waals surface area contributed by atoms with Crippen LogP contribution in [-0.2, 0) is 19.1 Å². The molecule has 0 saturated carbocycles. The van der Waals surface area contributed by atoms with E-state index in [2.05, 4.69) is 0 Å². The maximum atomic E-state index is 14.2. The highest BCUT2D eigenvalue weighted by atomic mass is 16.6. The number of nitro benzene ring substituents is 1. The summed E-state index contributed by atoms with van der Waals surface area (Å²) in [5.74, 6) is -5.22. The van der Waals surface area contributed by atoms with Gasteiger partial charge in [-0.05, 0) is 64.6 Å². The second kappa shape index (κ2) is 12.2. The largest absolute Gasteiger partial charge is 0.456 e. The van der Waals surface area contributed by atoms with Crippen molar-refractivity contribution in [1.29, 1.82) is 0 Å². The maximum Gasteiger partial charge on any atom is 0.343 e. The number of hydrogen-bond donors (Lipinski definition) is 0. The van der Waals surface area contributed by atoms with Crippen LogP contribution in [0.3, 0.4) is 0 Å². The smallest absolute Gasteiger partial charge is 0.343 e. The number of likely N-dealkylation sites (tertiary alicyclic amines) is 1. The highest BCUT2D eigenvalue weighted by molar-refractivity contribution is 6.10. The van der Waals surface area contributed by atoms with Crippen molar-refractivity contribution in [2.75, 3.05) is 6.61 Å². The van der Waals surface area contributed by atoms with Crippen molar-refractivity contribution in [2.45, 2.75) is 31.7 Å². The Morgan fingerprint density at radius 1 is 0.735 bits per heavy atom. The summed E-state index contributed by atoms with van der Waals surface area (Å²) in [5, 5.41) is 10.8. The SMILES string of the molecule is CC(C)[C@@H](C(=O)OCC(=O)c1ccc(OC(=O)c2ccc([N+](=O)[O-])cc2)cc1)N1C(=O)C2C3c4ccccc4C(c4ccccc43)C2C1=O. The van der Waals surface area contributed by atoms with E-state index < -0.39 is 64.9 Å². The number of nitrogens with zero attached hydrogens (tertiary/aromatic N) is 2. The molecule has 0 spiro atoms. The summed E-state index contributed by atoms with van der Waals surface area (Å²) in [4.78, 5) is 78.7. The molecule has 246 valence electrons. The molecule has 4 aromatic rings. The lowest BCUT2D eigenvalue weighted by Crippen LogP contribution is -2.49. The summed E-state index contributed by atoms with van der Waals surface area (Å²) in [6, 6.07) is 25.1. The number of hydrogen-bond acceptors (Lipinski definition) is 9. The van der Waals surface area contributed by atoms with Gasteiger partial charge >= 0.3 is 11.9 Å². The minimum atomic E-state index is -1.22. The zero-order valence-electron chi connectivity index (χ0n) is 26.5. The monoisotopic (exact) mass is 658 g/mol. The summed E-state index contributed by atoms with van der Waals surface area (Å²) in [6.45, 7) is 2.82. The molecular formula is C38H30N2O9. The first-order chi connectivity index (χ1) is 23.6. The number of Topliss-reactive ketones (excluding diaryl/α,β-unsaturated/α-hetero) is 1. The van der Waals surface area contributed by atoms with Crippen molar-refractivity contribution < 1.29 is 38.4 Å². The lowest BCUT2D eigenvalue weighted by atomic mass is 9.55. The van der Waals surface area contributed by atoms with Crippen LogP contribution in [0.15, 0.2) is 97.1 Å². The van der Waals surface area contributed by atoms with Crippen LogP contribution in [-0.4, -0.2) is 52.0 Å². The van der Waals surface area contributed by atoms with Crippen LogP contribution in [0.1, 0.15) is 68.7 Å². The lowest BCUT2D eigenvalue weighted by Gasteiger charge is -2.45. The van der Waals surface area contributed by atoms with E-state index in [9.17, 15) is 34.1 Å². The third-order valence-electron chi connectivity index (χ3n) is 9.68. The Labute approximate surface area is 280 Å². The van der Waals surface area contributed by atoms with E-state index in [0.717, 1.165) is 27.2 Å². The third-order valence-corrected chi connectivity index (χ3v) is 9.68. The van der Waals surface area contributed by atoms with E-state index >= 15 is 0 Å². The van der Waals surface area contributed by atoms with Crippen LogP contribution < -0.4 is 4.74 Å². The normalized spacial score (nSPS) is 20.7. The first kappa shape index (κ1) is 31.6. The average molecular weight is 659 g/mol. The molecule has 1 heterocycles. The highest BCUT2D eigenvalue weighted by Crippen LogP contribution is 2.61. The quantitative estimate of drug-likeness (QED) is 0.0571. The summed E-state index contributed by atoms with van der Waals surface area (Å²) in [6.07, 6.45) is 0. The molecule has 1 fully saturated rings. The summed E-state index contributed by atoms with van der Waals surface area (Å²) in [5.41, 5.74) is 4.21. The van der Waals surface area contributed by atoms with Gasteiger partial charge in [-0.2, -0.15) is 0 Å². The molecule has 4 aromatic carbocycles. The number of carbonyl (C=O) groups excluding carboxylic acids is 5. The van der Waals surface area contributed by atoms with Crippen molar-refractivity contribution in [2.24, 2.45) is 17.8 Å². The van der Waals surface area contributed by atoms with Crippen molar-refractivity contribution in [3.05, 3.63) is 141 Å². The molecule has 3 aliphatic carbocycles. The van der Waals surface area contributed by atoms with Crippen LogP contribution in [0.2, 0.25) is 0 Å². The average Bonchev–Trinajstić information content (AvgIpc) is 3.36. The molecule has 4 aliphatic rings. The zero-order valence-corrected chi connectivity index (χ0v) is 26.5. The molecular weight excluding hydrogens is 628 g/mol. The van der Waals surface area contributed by atoms with Gasteiger partial charge in [0.15, 0.2) is 12.4 Å². The number of non-ortho nitro benzene ring substituents is 1. The standard InChI is InChI=1S/C38H30N2O9/c1-20(2)34(38(45)48-19-29(41)21-13-17-24(18-14-21)49-37(44)22-11-15-23(16-12-22)40(46)47)39-35(42)32-30-25-7-3-4-8-26(25)31(33(32)36(39)43)28-10-6-5-9-27(28)30/h3-18,20,30-34H,19H2,1-2H3/t30?,31?,32?,33?,34-/m0/s1. The molecule has 49 heavy (non-hydrogen) atoms. The van der Waals surface area contributed by atoms with Crippen molar-refractivity contribution >= 4 is 35.2 Å². The van der Waals surface area contributed by atoms with Crippen LogP contribution in [0.4, 0.5) is 5.69 Å². The van der Waals surface area contributed by atoms with E-state index in [0.29, 0.717) is 0 Å². The van der Waals surface area contributed by atoms with E-state index in [1.165, 1.54) is 48.5 Å². The number of esters is 2. The van der Waals surface area contributed by atoms with E-state index in [1.807, 2.05) is 48.5 Å². The van der Waals surface area contributed by atoms with Crippen LogP contribution in [0.5, 0.6) is 5.75 Å². The van der Waals surface area contributed by atoms with Crippen molar-refractivity contribution in [3.63, 3.8) is 0 Å². The van der Waals surface area contributed by atoms with Gasteiger partial charge in [-0.1, -0.05) is 62.4 Å². The predicted octanol–water partition coefficient (Wildman–Crippen LogP) is 5.46. The molecule has 0 radical (unpaired) electrons. The number of rotatable bonds is 9. The van der Waals surface area contributed by atoms with E-state index in [4.69, 9.17) is 9.47 Å². The van der Waals surface area contributed by atoms with Crippen LogP contribution in [0, 0.1) is 27.9 Å². The number of nitro groups is 1. The van der Waals surface area contributed by atoms with E-state index in [1.54, 1.807) is 13.8 Å². The van der Waals surface area contributed by atoms with Crippen LogP contribution >= 0.6 is 0 Å². The Kier molecular flexibility index (Phi) is 7.90. The highest BCUT2D eigenvalue weighted by Gasteiger charge is 2.63. The number of amides is 2. The first-order valence-electron chi connectivity index (χ1n) is 15.9. The topological polar surface area (TPSA) is 150 Å². The molecule has 1 saturated heterocycles. The second-order valence-corrected chi connectivity index (χ2v) is 12.7. The van der Waals surface area contributed by atoms with Gasteiger partial charge in [0, 0.05) is 29.5 Å². The number of benzene rings is 4. The van der Waals surface area contributed by atoms with Gasteiger partial charge in [0.1, 0.15) is 11.8 Å². The van der Waals surface area contributed by atoms with E-state index in [-0.39, 0.29) is 34.4 Å². The number of ketones is 1. The molecule has 0 N–H and O–H groups in total. The Morgan fingerprint density at radius 3 is 1.65 bits per heavy atom.